The van der Waals surface area contributed by atoms with E-state index in [0.29, 0.717) is 24.0 Å². The lowest BCUT2D eigenvalue weighted by atomic mass is 10.1. The minimum atomic E-state index is -1.12. The third kappa shape index (κ3) is 5.58. The zero-order valence-electron chi connectivity index (χ0n) is 19.2. The Hall–Kier alpha value is -4.38. The molecule has 1 heterocycles. The fraction of sp³-hybridized carbons (Fsp3) is 0.250. The van der Waals surface area contributed by atoms with E-state index in [-0.39, 0.29) is 28.8 Å². The molecule has 0 radical (unpaired) electrons. The summed E-state index contributed by atoms with van der Waals surface area (Å²) in [5, 5.41) is 12.3. The van der Waals surface area contributed by atoms with Gasteiger partial charge in [-0.25, -0.2) is 14.8 Å². The standard InChI is InChI=1S/C24H27N7O4/c1-13-18(30-24(26)27)7-14(10-28-16-5-6-16)8-19(13)31-12-29-21(23(31)25)22(34)15-3-2-4-17(9-15)35-11-20(32)33/h2-4,7-9,12,16,28H,5-6,10-11,25H2,1H3,(H,32,33)(H4,26,27,30). The predicted octanol–water partition coefficient (Wildman–Crippen LogP) is 1.61. The number of nitrogens with zero attached hydrogens (tertiary/aromatic N) is 3. The van der Waals surface area contributed by atoms with Crippen molar-refractivity contribution in [3.8, 4) is 11.4 Å². The molecule has 1 aromatic heterocycles. The highest BCUT2D eigenvalue weighted by atomic mass is 16.5. The smallest absolute Gasteiger partial charge is 0.341 e. The summed E-state index contributed by atoms with van der Waals surface area (Å²) < 4.78 is 6.79. The summed E-state index contributed by atoms with van der Waals surface area (Å²) in [6.45, 7) is 1.98. The number of carboxylic acids is 1. The summed E-state index contributed by atoms with van der Waals surface area (Å²) in [5.74, 6) is -1.20. The van der Waals surface area contributed by atoms with Crippen molar-refractivity contribution in [3.63, 3.8) is 0 Å². The van der Waals surface area contributed by atoms with Crippen molar-refractivity contribution in [1.29, 1.82) is 0 Å². The van der Waals surface area contributed by atoms with Crippen LogP contribution in [0.15, 0.2) is 47.7 Å². The number of carbonyl (C=O) groups is 2. The molecular weight excluding hydrogens is 450 g/mol. The number of nitrogen functional groups attached to an aromatic ring is 1. The molecule has 1 aliphatic rings. The van der Waals surface area contributed by atoms with Crippen molar-refractivity contribution >= 4 is 29.2 Å². The molecule has 1 fully saturated rings. The Bertz CT molecular complexity index is 1310. The zero-order chi connectivity index (χ0) is 25.1. The van der Waals surface area contributed by atoms with Gasteiger partial charge in [0.2, 0.25) is 5.78 Å². The number of benzene rings is 2. The zero-order valence-corrected chi connectivity index (χ0v) is 19.2. The molecule has 2 aromatic carbocycles. The van der Waals surface area contributed by atoms with Gasteiger partial charge >= 0.3 is 5.97 Å². The first-order chi connectivity index (χ1) is 16.7. The van der Waals surface area contributed by atoms with Gasteiger partial charge in [0.25, 0.3) is 0 Å². The Morgan fingerprint density at radius 3 is 2.71 bits per heavy atom. The molecule has 8 N–H and O–H groups in total. The van der Waals surface area contributed by atoms with Crippen molar-refractivity contribution in [2.24, 2.45) is 16.5 Å². The Kier molecular flexibility index (Phi) is 6.69. The SMILES string of the molecule is Cc1c(N=C(N)N)cc(CNC2CC2)cc1-n1cnc(C(=O)c2cccc(OCC(=O)O)c2)c1N. The molecule has 3 aromatic rings. The third-order valence-corrected chi connectivity index (χ3v) is 5.57. The molecule has 0 saturated heterocycles. The summed E-state index contributed by atoms with van der Waals surface area (Å²) >= 11 is 0. The van der Waals surface area contributed by atoms with Gasteiger partial charge in [0.1, 0.15) is 17.9 Å². The van der Waals surface area contributed by atoms with Crippen LogP contribution in [0, 0.1) is 6.92 Å². The van der Waals surface area contributed by atoms with E-state index in [2.05, 4.69) is 15.3 Å². The largest absolute Gasteiger partial charge is 0.482 e. The number of rotatable bonds is 10. The molecule has 0 spiro atoms. The quantitative estimate of drug-likeness (QED) is 0.164. The summed E-state index contributed by atoms with van der Waals surface area (Å²) in [6.07, 6.45) is 3.79. The van der Waals surface area contributed by atoms with Gasteiger partial charge in [-0.3, -0.25) is 9.36 Å². The average molecular weight is 478 g/mol. The number of nitrogens with one attached hydrogen (secondary N) is 1. The van der Waals surface area contributed by atoms with Crippen LogP contribution in [0.1, 0.15) is 40.0 Å². The normalized spacial score (nSPS) is 12.8. The highest BCUT2D eigenvalue weighted by Gasteiger charge is 2.22. The Morgan fingerprint density at radius 1 is 1.26 bits per heavy atom. The van der Waals surface area contributed by atoms with E-state index in [4.69, 9.17) is 27.0 Å². The first kappa shape index (κ1) is 23.8. The minimum Gasteiger partial charge on any atom is -0.482 e. The average Bonchev–Trinajstić information content (AvgIpc) is 3.58. The van der Waals surface area contributed by atoms with Crippen molar-refractivity contribution < 1.29 is 19.4 Å². The lowest BCUT2D eigenvalue weighted by Crippen LogP contribution is -2.22. The van der Waals surface area contributed by atoms with Crippen LogP contribution in [0.5, 0.6) is 5.75 Å². The molecule has 35 heavy (non-hydrogen) atoms. The number of anilines is 1. The summed E-state index contributed by atoms with van der Waals surface area (Å²) in [7, 11) is 0. The highest BCUT2D eigenvalue weighted by Crippen LogP contribution is 2.31. The first-order valence-electron chi connectivity index (χ1n) is 11.0. The summed E-state index contributed by atoms with van der Waals surface area (Å²) in [5.41, 5.74) is 21.0. The lowest BCUT2D eigenvalue weighted by molar-refractivity contribution is -0.139. The van der Waals surface area contributed by atoms with E-state index >= 15 is 0 Å². The predicted molar refractivity (Wildman–Crippen MR) is 131 cm³/mol. The van der Waals surface area contributed by atoms with Gasteiger partial charge in [0, 0.05) is 18.2 Å². The molecule has 0 bridgehead atoms. The molecule has 0 unspecified atom stereocenters. The number of ketones is 1. The van der Waals surface area contributed by atoms with Gasteiger partial charge in [-0.1, -0.05) is 12.1 Å². The van der Waals surface area contributed by atoms with E-state index in [1.165, 1.54) is 12.4 Å². The fourth-order valence-electron chi connectivity index (χ4n) is 3.63. The van der Waals surface area contributed by atoms with Crippen LogP contribution >= 0.6 is 0 Å². The van der Waals surface area contributed by atoms with Gasteiger partial charge in [-0.2, -0.15) is 0 Å². The van der Waals surface area contributed by atoms with Crippen LogP contribution in [0.2, 0.25) is 0 Å². The van der Waals surface area contributed by atoms with Crippen molar-refractivity contribution in [3.05, 3.63) is 65.1 Å². The highest BCUT2D eigenvalue weighted by molar-refractivity contribution is 6.10. The molecule has 0 amide bonds. The number of guanidine groups is 1. The van der Waals surface area contributed by atoms with E-state index < -0.39 is 18.4 Å². The van der Waals surface area contributed by atoms with Gasteiger partial charge in [0.15, 0.2) is 18.3 Å². The number of ether oxygens (including phenoxy) is 1. The van der Waals surface area contributed by atoms with E-state index in [1.807, 2.05) is 19.1 Å². The van der Waals surface area contributed by atoms with Crippen molar-refractivity contribution in [1.82, 2.24) is 14.9 Å². The molecule has 0 atom stereocenters. The first-order valence-corrected chi connectivity index (χ1v) is 11.0. The Balaban J connectivity index is 1.68. The van der Waals surface area contributed by atoms with Crippen LogP contribution in [0.3, 0.4) is 0 Å². The van der Waals surface area contributed by atoms with E-state index in [1.54, 1.807) is 22.8 Å². The number of nitrogens with two attached hydrogens (primary N) is 3. The number of hydrogen-bond donors (Lipinski definition) is 5. The Labute approximate surface area is 201 Å². The minimum absolute atomic E-state index is 0.0599. The van der Waals surface area contributed by atoms with Gasteiger partial charge in [-0.15, -0.1) is 0 Å². The summed E-state index contributed by atoms with van der Waals surface area (Å²) in [6, 6.07) is 10.6. The fourth-order valence-corrected chi connectivity index (χ4v) is 3.63. The van der Waals surface area contributed by atoms with E-state index in [9.17, 15) is 9.59 Å². The molecular formula is C24H27N7O4. The maximum absolute atomic E-state index is 13.2. The second-order valence-electron chi connectivity index (χ2n) is 8.34. The molecule has 11 nitrogen and oxygen atoms in total. The molecule has 0 aliphatic heterocycles. The number of carbonyl (C=O) groups excluding carboxylic acids is 1. The maximum atomic E-state index is 13.2. The second kappa shape index (κ2) is 9.85. The molecule has 11 heteroatoms. The molecule has 1 aliphatic carbocycles. The van der Waals surface area contributed by atoms with Crippen LogP contribution in [-0.4, -0.2) is 45.0 Å². The van der Waals surface area contributed by atoms with Crippen LogP contribution < -0.4 is 27.3 Å². The van der Waals surface area contributed by atoms with Crippen LogP contribution in [0.25, 0.3) is 5.69 Å². The lowest BCUT2D eigenvalue weighted by Gasteiger charge is -2.15. The number of imidazole rings is 1. The maximum Gasteiger partial charge on any atom is 0.341 e. The topological polar surface area (TPSA) is 184 Å². The van der Waals surface area contributed by atoms with Gasteiger partial charge < -0.3 is 32.4 Å². The number of aromatic nitrogens is 2. The number of hydrogen-bond acceptors (Lipinski definition) is 7. The molecule has 182 valence electrons. The van der Waals surface area contributed by atoms with Gasteiger partial charge in [0.05, 0.1) is 11.4 Å². The number of carboxylic acid groups (broad SMARTS) is 1. The van der Waals surface area contributed by atoms with E-state index in [0.717, 1.165) is 24.0 Å². The van der Waals surface area contributed by atoms with Crippen molar-refractivity contribution in [2.75, 3.05) is 12.3 Å². The van der Waals surface area contributed by atoms with Gasteiger partial charge in [-0.05, 0) is 55.2 Å². The molecule has 1 saturated carbocycles. The second-order valence-corrected chi connectivity index (χ2v) is 8.34. The molecule has 4 rings (SSSR count). The van der Waals surface area contributed by atoms with Crippen molar-refractivity contribution in [2.45, 2.75) is 32.4 Å². The van der Waals surface area contributed by atoms with Crippen LogP contribution in [-0.2, 0) is 11.3 Å². The third-order valence-electron chi connectivity index (χ3n) is 5.57. The monoisotopic (exact) mass is 477 g/mol. The van der Waals surface area contributed by atoms with Crippen LogP contribution in [0.4, 0.5) is 11.5 Å². The summed E-state index contributed by atoms with van der Waals surface area (Å²) in [4.78, 5) is 32.4. The number of aliphatic carboxylic acids is 1. The number of aliphatic imine (C=N–C) groups is 1. The Morgan fingerprint density at radius 2 is 2.03 bits per heavy atom.